The number of carbonyl (C=O) groups excluding carboxylic acids is 2. The number of amides is 2. The van der Waals surface area contributed by atoms with Crippen LogP contribution in [0.25, 0.3) is 0 Å². The number of nitrogens with one attached hydrogen (secondary N) is 2. The van der Waals surface area contributed by atoms with Crippen molar-refractivity contribution in [3.8, 4) is 0 Å². The van der Waals surface area contributed by atoms with Gasteiger partial charge in [0.25, 0.3) is 5.91 Å². The van der Waals surface area contributed by atoms with Gasteiger partial charge in [-0.1, -0.05) is 13.8 Å². The highest BCUT2D eigenvalue weighted by Gasteiger charge is 2.20. The van der Waals surface area contributed by atoms with Crippen LogP contribution >= 0.6 is 11.3 Å². The van der Waals surface area contributed by atoms with E-state index in [2.05, 4.69) is 15.6 Å². The van der Waals surface area contributed by atoms with E-state index in [1.165, 1.54) is 23.5 Å². The molecule has 2 aromatic rings. The average Bonchev–Trinajstić information content (AvgIpc) is 2.90. The van der Waals surface area contributed by atoms with Gasteiger partial charge in [0.1, 0.15) is 16.3 Å². The summed E-state index contributed by atoms with van der Waals surface area (Å²) in [6, 6.07) is 3.70. The van der Waals surface area contributed by atoms with Gasteiger partial charge in [0.2, 0.25) is 0 Å². The predicted octanol–water partition coefficient (Wildman–Crippen LogP) is 5.31. The fraction of sp³-hybridized carbons (Fsp3) is 0.421. The third-order valence-corrected chi connectivity index (χ3v) is 4.84. The molecule has 146 valence electrons. The molecular formula is C19H24FN3O3S. The molecule has 1 aromatic heterocycles. The molecule has 0 saturated heterocycles. The maximum atomic E-state index is 13.7. The van der Waals surface area contributed by atoms with Gasteiger partial charge >= 0.3 is 6.09 Å². The third kappa shape index (κ3) is 5.75. The molecule has 2 amide bonds. The van der Waals surface area contributed by atoms with Crippen LogP contribution in [0.15, 0.2) is 18.2 Å². The maximum Gasteiger partial charge on any atom is 0.412 e. The average molecular weight is 393 g/mol. The zero-order chi connectivity index (χ0) is 20.4. The Labute approximate surface area is 162 Å². The van der Waals surface area contributed by atoms with Crippen molar-refractivity contribution in [3.63, 3.8) is 0 Å². The van der Waals surface area contributed by atoms with Crippen molar-refractivity contribution >= 4 is 34.7 Å². The van der Waals surface area contributed by atoms with E-state index in [0.29, 0.717) is 10.6 Å². The Hall–Kier alpha value is -2.48. The van der Waals surface area contributed by atoms with Gasteiger partial charge in [-0.05, 0) is 45.9 Å². The summed E-state index contributed by atoms with van der Waals surface area (Å²) in [7, 11) is 0. The smallest absolute Gasteiger partial charge is 0.412 e. The van der Waals surface area contributed by atoms with Crippen LogP contribution in [0.3, 0.4) is 0 Å². The van der Waals surface area contributed by atoms with Crippen molar-refractivity contribution < 1.29 is 18.7 Å². The second kappa shape index (κ2) is 8.04. The number of hydrogen-bond acceptors (Lipinski definition) is 5. The monoisotopic (exact) mass is 393 g/mol. The van der Waals surface area contributed by atoms with E-state index in [-0.39, 0.29) is 17.3 Å². The Kier molecular flexibility index (Phi) is 6.20. The van der Waals surface area contributed by atoms with Crippen molar-refractivity contribution in [1.82, 2.24) is 4.98 Å². The largest absolute Gasteiger partial charge is 0.444 e. The lowest BCUT2D eigenvalue weighted by Crippen LogP contribution is -2.27. The number of hydrogen-bond donors (Lipinski definition) is 2. The molecule has 0 aliphatic carbocycles. The Morgan fingerprint density at radius 3 is 2.41 bits per heavy atom. The van der Waals surface area contributed by atoms with Crippen molar-refractivity contribution in [2.75, 3.05) is 10.6 Å². The van der Waals surface area contributed by atoms with E-state index < -0.39 is 23.4 Å². The summed E-state index contributed by atoms with van der Waals surface area (Å²) in [5.41, 5.74) is 0.315. The van der Waals surface area contributed by atoms with Crippen molar-refractivity contribution in [3.05, 3.63) is 39.6 Å². The summed E-state index contributed by atoms with van der Waals surface area (Å²) in [5.74, 6) is -0.743. The molecule has 0 bridgehead atoms. The molecule has 0 atom stereocenters. The third-order valence-electron chi connectivity index (χ3n) is 3.38. The number of benzene rings is 1. The summed E-state index contributed by atoms with van der Waals surface area (Å²) in [4.78, 5) is 29.5. The normalized spacial score (nSPS) is 11.4. The van der Waals surface area contributed by atoms with Gasteiger partial charge in [-0.3, -0.25) is 10.1 Å². The van der Waals surface area contributed by atoms with Gasteiger partial charge in [0, 0.05) is 5.92 Å². The molecule has 0 aliphatic heterocycles. The first-order chi connectivity index (χ1) is 12.5. The van der Waals surface area contributed by atoms with Crippen molar-refractivity contribution in [1.29, 1.82) is 0 Å². The minimum atomic E-state index is -0.694. The van der Waals surface area contributed by atoms with Crippen molar-refractivity contribution in [2.45, 2.75) is 53.1 Å². The van der Waals surface area contributed by atoms with E-state index in [1.807, 2.05) is 13.8 Å². The Bertz CT molecular complexity index is 856. The standard InChI is InChI=1S/C19H24FN3O3S/c1-10(2)17-21-11(3)15(27-17)16(24)22-14-9-12(20)7-8-13(14)23-18(25)26-19(4,5)6/h7-10H,1-6H3,(H,22,24)(H,23,25). The molecule has 0 radical (unpaired) electrons. The van der Waals surface area contributed by atoms with Gasteiger partial charge < -0.3 is 10.1 Å². The number of thiazole rings is 1. The SMILES string of the molecule is Cc1nc(C(C)C)sc1C(=O)Nc1cc(F)ccc1NC(=O)OC(C)(C)C. The van der Waals surface area contributed by atoms with Crippen LogP contribution in [-0.2, 0) is 4.74 Å². The summed E-state index contributed by atoms with van der Waals surface area (Å²) in [6.07, 6.45) is -0.694. The van der Waals surface area contributed by atoms with Gasteiger partial charge in [-0.15, -0.1) is 11.3 Å². The molecule has 1 heterocycles. The van der Waals surface area contributed by atoms with E-state index in [1.54, 1.807) is 27.7 Å². The van der Waals surface area contributed by atoms with Gasteiger partial charge in [-0.25, -0.2) is 14.2 Å². The van der Waals surface area contributed by atoms with Crippen LogP contribution in [0.1, 0.15) is 60.9 Å². The van der Waals surface area contributed by atoms with Gasteiger partial charge in [0.05, 0.1) is 22.1 Å². The second-order valence-corrected chi connectivity index (χ2v) is 8.42. The number of carbonyl (C=O) groups is 2. The van der Waals surface area contributed by atoms with E-state index in [4.69, 9.17) is 4.74 Å². The second-order valence-electron chi connectivity index (χ2n) is 7.39. The minimum Gasteiger partial charge on any atom is -0.444 e. The van der Waals surface area contributed by atoms with Crippen LogP contribution in [0.2, 0.25) is 0 Å². The first-order valence-electron chi connectivity index (χ1n) is 8.54. The highest BCUT2D eigenvalue weighted by atomic mass is 32.1. The summed E-state index contributed by atoms with van der Waals surface area (Å²) in [5, 5.41) is 6.04. The zero-order valence-corrected chi connectivity index (χ0v) is 17.1. The zero-order valence-electron chi connectivity index (χ0n) is 16.3. The molecule has 2 rings (SSSR count). The van der Waals surface area contributed by atoms with Crippen LogP contribution < -0.4 is 10.6 Å². The fourth-order valence-electron chi connectivity index (χ4n) is 2.20. The molecule has 1 aromatic carbocycles. The molecule has 6 nitrogen and oxygen atoms in total. The summed E-state index contributed by atoms with van der Waals surface area (Å²) in [6.45, 7) is 10.9. The molecule has 0 aliphatic rings. The predicted molar refractivity (Wildman–Crippen MR) is 105 cm³/mol. The lowest BCUT2D eigenvalue weighted by atomic mass is 10.2. The van der Waals surface area contributed by atoms with Gasteiger partial charge in [-0.2, -0.15) is 0 Å². The summed E-state index contributed by atoms with van der Waals surface area (Å²) >= 11 is 1.30. The maximum absolute atomic E-state index is 13.7. The Balaban J connectivity index is 2.24. The molecule has 0 fully saturated rings. The van der Waals surface area contributed by atoms with Crippen LogP contribution in [0.4, 0.5) is 20.6 Å². The number of rotatable bonds is 4. The van der Waals surface area contributed by atoms with E-state index in [9.17, 15) is 14.0 Å². The molecule has 0 saturated carbocycles. The highest BCUT2D eigenvalue weighted by molar-refractivity contribution is 7.14. The van der Waals surface area contributed by atoms with Crippen LogP contribution in [0, 0.1) is 12.7 Å². The van der Waals surface area contributed by atoms with Crippen LogP contribution in [0.5, 0.6) is 0 Å². The number of anilines is 2. The first-order valence-corrected chi connectivity index (χ1v) is 9.36. The quantitative estimate of drug-likeness (QED) is 0.737. The molecule has 2 N–H and O–H groups in total. The number of nitrogens with zero attached hydrogens (tertiary/aromatic N) is 1. The topological polar surface area (TPSA) is 80.3 Å². The minimum absolute atomic E-state index is 0.143. The molecule has 27 heavy (non-hydrogen) atoms. The number of aromatic nitrogens is 1. The molecule has 0 unspecified atom stereocenters. The number of aryl methyl sites for hydroxylation is 1. The first kappa shape index (κ1) is 20.8. The van der Waals surface area contributed by atoms with Crippen molar-refractivity contribution in [2.24, 2.45) is 0 Å². The summed E-state index contributed by atoms with van der Waals surface area (Å²) < 4.78 is 18.9. The molecule has 0 spiro atoms. The molecular weight excluding hydrogens is 369 g/mol. The van der Waals surface area contributed by atoms with E-state index in [0.717, 1.165) is 11.1 Å². The highest BCUT2D eigenvalue weighted by Crippen LogP contribution is 2.28. The lowest BCUT2D eigenvalue weighted by molar-refractivity contribution is 0.0635. The number of ether oxygens (including phenoxy) is 1. The fourth-order valence-corrected chi connectivity index (χ4v) is 3.16. The molecule has 8 heteroatoms. The Morgan fingerprint density at radius 1 is 1.19 bits per heavy atom. The number of halogens is 1. The van der Waals surface area contributed by atoms with Gasteiger partial charge in [0.15, 0.2) is 0 Å². The van der Waals surface area contributed by atoms with Crippen LogP contribution in [-0.4, -0.2) is 22.6 Å². The lowest BCUT2D eigenvalue weighted by Gasteiger charge is -2.20. The van der Waals surface area contributed by atoms with E-state index >= 15 is 0 Å². The Morgan fingerprint density at radius 2 is 1.85 bits per heavy atom.